The third-order valence-corrected chi connectivity index (χ3v) is 3.15. The van der Waals surface area contributed by atoms with Gasteiger partial charge in [0.15, 0.2) is 0 Å². The van der Waals surface area contributed by atoms with Crippen molar-refractivity contribution in [1.82, 2.24) is 5.32 Å². The first-order chi connectivity index (χ1) is 8.39. The fourth-order valence-electron chi connectivity index (χ4n) is 1.95. The second-order valence-corrected chi connectivity index (χ2v) is 5.37. The standard InChI is InChI=1S/C13H17N3O2/c1-13(2)6-5-11(15-8-13)9-3-4-10(14)12(7-9)16(17)18/h3-5,7,15H,6,8,14H2,1-2H3. The lowest BCUT2D eigenvalue weighted by molar-refractivity contribution is -0.383. The van der Waals surface area contributed by atoms with Crippen LogP contribution in [0.4, 0.5) is 11.4 Å². The van der Waals surface area contributed by atoms with E-state index in [-0.39, 0.29) is 16.8 Å². The number of nitrogens with one attached hydrogen (secondary N) is 1. The maximum absolute atomic E-state index is 10.8. The molecule has 18 heavy (non-hydrogen) atoms. The highest BCUT2D eigenvalue weighted by Gasteiger charge is 2.22. The molecule has 5 nitrogen and oxygen atoms in total. The van der Waals surface area contributed by atoms with Gasteiger partial charge in [0.25, 0.3) is 5.69 Å². The maximum Gasteiger partial charge on any atom is 0.292 e. The molecule has 0 fully saturated rings. The summed E-state index contributed by atoms with van der Waals surface area (Å²) in [6, 6.07) is 4.90. The zero-order valence-electron chi connectivity index (χ0n) is 10.6. The van der Waals surface area contributed by atoms with Gasteiger partial charge in [0.2, 0.25) is 0 Å². The van der Waals surface area contributed by atoms with Crippen molar-refractivity contribution < 1.29 is 4.92 Å². The van der Waals surface area contributed by atoms with Gasteiger partial charge in [-0.2, -0.15) is 0 Å². The van der Waals surface area contributed by atoms with Crippen molar-refractivity contribution in [2.45, 2.75) is 20.3 Å². The molecule has 0 saturated carbocycles. The van der Waals surface area contributed by atoms with Crippen molar-refractivity contribution in [2.24, 2.45) is 5.41 Å². The Morgan fingerprint density at radius 2 is 2.17 bits per heavy atom. The molecule has 2 rings (SSSR count). The van der Waals surface area contributed by atoms with E-state index in [1.165, 1.54) is 6.07 Å². The third kappa shape index (κ3) is 2.45. The van der Waals surface area contributed by atoms with Crippen LogP contribution >= 0.6 is 0 Å². The highest BCUT2D eigenvalue weighted by molar-refractivity contribution is 5.71. The van der Waals surface area contributed by atoms with Crippen LogP contribution in [0, 0.1) is 15.5 Å². The molecular weight excluding hydrogens is 230 g/mol. The molecule has 0 aliphatic carbocycles. The Bertz CT molecular complexity index is 521. The molecular formula is C13H17N3O2. The topological polar surface area (TPSA) is 81.2 Å². The van der Waals surface area contributed by atoms with Gasteiger partial charge in [0.05, 0.1) is 4.92 Å². The van der Waals surface area contributed by atoms with Crippen LogP contribution in [0.5, 0.6) is 0 Å². The first-order valence-corrected chi connectivity index (χ1v) is 5.87. The number of allylic oxidation sites excluding steroid dienone is 1. The van der Waals surface area contributed by atoms with Gasteiger partial charge in [0.1, 0.15) is 5.69 Å². The van der Waals surface area contributed by atoms with Gasteiger partial charge in [-0.1, -0.05) is 26.0 Å². The van der Waals surface area contributed by atoms with Crippen LogP contribution in [0.25, 0.3) is 5.70 Å². The van der Waals surface area contributed by atoms with Crippen molar-refractivity contribution in [3.8, 4) is 0 Å². The highest BCUT2D eigenvalue weighted by atomic mass is 16.6. The number of nitrogen functional groups attached to an aromatic ring is 1. The number of hydrogen-bond donors (Lipinski definition) is 2. The molecule has 0 saturated heterocycles. The number of rotatable bonds is 2. The van der Waals surface area contributed by atoms with Crippen molar-refractivity contribution >= 4 is 17.1 Å². The van der Waals surface area contributed by atoms with Crippen molar-refractivity contribution in [3.05, 3.63) is 40.0 Å². The Hall–Kier alpha value is -2.04. The van der Waals surface area contributed by atoms with E-state index in [9.17, 15) is 10.1 Å². The van der Waals surface area contributed by atoms with Crippen LogP contribution in [0.15, 0.2) is 24.3 Å². The summed E-state index contributed by atoms with van der Waals surface area (Å²) in [5, 5.41) is 14.2. The van der Waals surface area contributed by atoms with E-state index in [2.05, 4.69) is 25.2 Å². The number of nitro benzene ring substituents is 1. The fraction of sp³-hybridized carbons (Fsp3) is 0.385. The van der Waals surface area contributed by atoms with Crippen LogP contribution in [0.2, 0.25) is 0 Å². The summed E-state index contributed by atoms with van der Waals surface area (Å²) in [6.07, 6.45) is 3.03. The van der Waals surface area contributed by atoms with E-state index in [0.717, 1.165) is 24.2 Å². The number of anilines is 1. The number of nitrogens with zero attached hydrogens (tertiary/aromatic N) is 1. The van der Waals surface area contributed by atoms with E-state index in [1.54, 1.807) is 12.1 Å². The molecule has 0 atom stereocenters. The molecule has 0 unspecified atom stereocenters. The van der Waals surface area contributed by atoms with Gasteiger partial charge in [-0.3, -0.25) is 10.1 Å². The van der Waals surface area contributed by atoms with E-state index in [0.29, 0.717) is 0 Å². The van der Waals surface area contributed by atoms with Crippen LogP contribution in [-0.2, 0) is 0 Å². The van der Waals surface area contributed by atoms with Crippen molar-refractivity contribution in [3.63, 3.8) is 0 Å². The average molecular weight is 247 g/mol. The van der Waals surface area contributed by atoms with Crippen molar-refractivity contribution in [1.29, 1.82) is 0 Å². The maximum atomic E-state index is 10.8. The Labute approximate surface area is 106 Å². The zero-order chi connectivity index (χ0) is 13.3. The van der Waals surface area contributed by atoms with E-state index in [1.807, 2.05) is 0 Å². The molecule has 0 spiro atoms. The molecule has 1 aromatic carbocycles. The van der Waals surface area contributed by atoms with Crippen LogP contribution < -0.4 is 11.1 Å². The first kappa shape index (κ1) is 12.4. The molecule has 5 heteroatoms. The van der Waals surface area contributed by atoms with Gasteiger partial charge in [-0.05, 0) is 17.9 Å². The molecule has 1 aliphatic rings. The van der Waals surface area contributed by atoms with Crippen LogP contribution in [-0.4, -0.2) is 11.5 Å². The summed E-state index contributed by atoms with van der Waals surface area (Å²) in [6.45, 7) is 5.22. The number of nitro groups is 1. The second kappa shape index (κ2) is 4.33. The lowest BCUT2D eigenvalue weighted by Crippen LogP contribution is -2.31. The van der Waals surface area contributed by atoms with Gasteiger partial charge in [-0.15, -0.1) is 0 Å². The smallest absolute Gasteiger partial charge is 0.292 e. The Morgan fingerprint density at radius 1 is 1.44 bits per heavy atom. The minimum atomic E-state index is -0.452. The Morgan fingerprint density at radius 3 is 2.72 bits per heavy atom. The Kier molecular flexibility index (Phi) is 2.98. The largest absolute Gasteiger partial charge is 0.393 e. The fourth-order valence-corrected chi connectivity index (χ4v) is 1.95. The highest BCUT2D eigenvalue weighted by Crippen LogP contribution is 2.30. The zero-order valence-corrected chi connectivity index (χ0v) is 10.6. The van der Waals surface area contributed by atoms with E-state index in [4.69, 9.17) is 5.73 Å². The van der Waals surface area contributed by atoms with Gasteiger partial charge in [-0.25, -0.2) is 0 Å². The van der Waals surface area contributed by atoms with Crippen LogP contribution in [0.1, 0.15) is 25.8 Å². The lowest BCUT2D eigenvalue weighted by Gasteiger charge is -2.30. The minimum Gasteiger partial charge on any atom is -0.393 e. The monoisotopic (exact) mass is 247 g/mol. The predicted octanol–water partition coefficient (Wildman–Crippen LogP) is 2.54. The van der Waals surface area contributed by atoms with E-state index >= 15 is 0 Å². The minimum absolute atomic E-state index is 0.0416. The molecule has 1 aliphatic heterocycles. The molecule has 0 aromatic heterocycles. The number of nitrogens with two attached hydrogens (primary N) is 1. The lowest BCUT2D eigenvalue weighted by atomic mass is 9.85. The van der Waals surface area contributed by atoms with E-state index < -0.39 is 4.92 Å². The summed E-state index contributed by atoms with van der Waals surface area (Å²) < 4.78 is 0. The molecule has 96 valence electrons. The molecule has 0 amide bonds. The predicted molar refractivity (Wildman–Crippen MR) is 71.9 cm³/mol. The molecule has 3 N–H and O–H groups in total. The summed E-state index contributed by atoms with van der Waals surface area (Å²) in [4.78, 5) is 10.4. The molecule has 1 heterocycles. The second-order valence-electron chi connectivity index (χ2n) is 5.37. The van der Waals surface area contributed by atoms with Gasteiger partial charge < -0.3 is 11.1 Å². The Balaban J connectivity index is 2.33. The summed E-state index contributed by atoms with van der Waals surface area (Å²) in [7, 11) is 0. The van der Waals surface area contributed by atoms with Gasteiger partial charge >= 0.3 is 0 Å². The average Bonchev–Trinajstić information content (AvgIpc) is 2.30. The summed E-state index contributed by atoms with van der Waals surface area (Å²) in [5.41, 5.74) is 7.71. The first-order valence-electron chi connectivity index (χ1n) is 5.87. The molecule has 0 bridgehead atoms. The number of benzene rings is 1. The van der Waals surface area contributed by atoms with Gasteiger partial charge in [0, 0.05) is 23.9 Å². The third-order valence-electron chi connectivity index (χ3n) is 3.15. The SMILES string of the molecule is CC1(C)CC=C(c2ccc(N)c([N+](=O)[O-])c2)NC1. The molecule has 0 radical (unpaired) electrons. The number of hydrogen-bond acceptors (Lipinski definition) is 4. The summed E-state index contributed by atoms with van der Waals surface area (Å²) in [5.74, 6) is 0. The molecule has 1 aromatic rings. The quantitative estimate of drug-likeness (QED) is 0.478. The van der Waals surface area contributed by atoms with Crippen molar-refractivity contribution in [2.75, 3.05) is 12.3 Å². The summed E-state index contributed by atoms with van der Waals surface area (Å²) >= 11 is 0. The van der Waals surface area contributed by atoms with Crippen LogP contribution in [0.3, 0.4) is 0 Å². The normalized spacial score (nSPS) is 17.8.